The lowest BCUT2D eigenvalue weighted by Gasteiger charge is -2.30. The molecule has 0 spiro atoms. The molecule has 6 heterocycles. The number of aryl methyl sites for hydroxylation is 1. The van der Waals surface area contributed by atoms with Crippen molar-refractivity contribution in [2.24, 2.45) is 10.9 Å². The summed E-state index contributed by atoms with van der Waals surface area (Å²) in [4.78, 5) is 58.6. The summed E-state index contributed by atoms with van der Waals surface area (Å²) >= 11 is 1.77. The van der Waals surface area contributed by atoms with Crippen LogP contribution in [0.2, 0.25) is 0 Å². The standard InChI is InChI=1S/C48H61N9O4S.C2H4O2/c1-9-17-55(45(58)42(49-8)27(2)3)26-40-50-23-34(53-40)31-19-28(4)41-37-21-32-20-30(33-24-51-43(54-33)36-14-11-18-56(36)47(59)61-48(5,6)7)15-16-35(32)57(37)46(60-38(41)22-31)39-25-52-44(62-39)29-12-10-13-29;1-4-2-3/h15-16,19-23,25,27,29,33,36,42,46,49H,9-14,17-18,24,26H2,1-8H3,(H,50,53)(H,51,54);2H,1H3/t33?,36-,42?,46?;/m0./s1. The lowest BCUT2D eigenvalue weighted by Crippen LogP contribution is -2.48. The highest BCUT2D eigenvalue weighted by atomic mass is 32.1. The average molecular weight is 920 g/mol. The maximum absolute atomic E-state index is 13.6. The number of rotatable bonds is 13. The van der Waals surface area contributed by atoms with Crippen molar-refractivity contribution in [2.75, 3.05) is 33.8 Å². The van der Waals surface area contributed by atoms with Gasteiger partial charge in [0, 0.05) is 41.7 Å². The van der Waals surface area contributed by atoms with E-state index in [1.165, 1.54) is 31.4 Å². The van der Waals surface area contributed by atoms with Gasteiger partial charge < -0.3 is 34.7 Å². The Bertz CT molecular complexity index is 2590. The van der Waals surface area contributed by atoms with Crippen molar-refractivity contribution >= 4 is 46.5 Å². The minimum absolute atomic E-state index is 0.00557. The number of aromatic nitrogens is 4. The van der Waals surface area contributed by atoms with Crippen molar-refractivity contribution in [1.29, 1.82) is 0 Å². The number of hydrogen-bond donors (Lipinski definition) is 3. The summed E-state index contributed by atoms with van der Waals surface area (Å²) in [5.74, 6) is 3.21. The van der Waals surface area contributed by atoms with Crippen LogP contribution in [-0.2, 0) is 25.6 Å². The van der Waals surface area contributed by atoms with Gasteiger partial charge in [-0.25, -0.2) is 14.8 Å². The van der Waals surface area contributed by atoms with Crippen LogP contribution in [0.4, 0.5) is 4.79 Å². The largest absolute Gasteiger partial charge is 0.471 e. The molecule has 16 heteroatoms. The quantitative estimate of drug-likeness (QED) is 0.0971. The first-order valence-electron chi connectivity index (χ1n) is 23.4. The minimum atomic E-state index is -0.554. The zero-order valence-electron chi connectivity index (χ0n) is 39.8. The number of amidine groups is 1. The highest BCUT2D eigenvalue weighted by Crippen LogP contribution is 2.49. The maximum atomic E-state index is 13.6. The summed E-state index contributed by atoms with van der Waals surface area (Å²) in [5.41, 5.74) is 6.80. The smallest absolute Gasteiger partial charge is 0.410 e. The predicted molar refractivity (Wildman–Crippen MR) is 258 cm³/mol. The monoisotopic (exact) mass is 919 g/mol. The summed E-state index contributed by atoms with van der Waals surface area (Å²) in [7, 11) is 3.16. The molecule has 0 radical (unpaired) electrons. The minimum Gasteiger partial charge on any atom is -0.471 e. The van der Waals surface area contributed by atoms with Gasteiger partial charge in [0.1, 0.15) is 23.0 Å². The molecule has 2 aromatic carbocycles. The first-order chi connectivity index (χ1) is 31.7. The van der Waals surface area contributed by atoms with Gasteiger partial charge in [0.15, 0.2) is 0 Å². The molecule has 4 atom stereocenters. The summed E-state index contributed by atoms with van der Waals surface area (Å²) < 4.78 is 19.1. The Morgan fingerprint density at radius 2 is 1.88 bits per heavy atom. The second-order valence-electron chi connectivity index (χ2n) is 19.2. The second-order valence-corrected chi connectivity index (χ2v) is 20.3. The Kier molecular flexibility index (Phi) is 13.9. The van der Waals surface area contributed by atoms with Gasteiger partial charge in [-0.3, -0.25) is 24.0 Å². The molecule has 9 rings (SSSR count). The number of nitrogens with one attached hydrogen (secondary N) is 3. The number of aliphatic imine (C=N–C) groups is 1. The van der Waals surface area contributed by atoms with Crippen molar-refractivity contribution in [3.63, 3.8) is 0 Å². The molecule has 1 saturated carbocycles. The maximum Gasteiger partial charge on any atom is 0.410 e. The number of amides is 2. The van der Waals surface area contributed by atoms with Gasteiger partial charge >= 0.3 is 6.09 Å². The molecule has 352 valence electrons. The van der Waals surface area contributed by atoms with E-state index in [4.69, 9.17) is 29.2 Å². The second kappa shape index (κ2) is 19.6. The summed E-state index contributed by atoms with van der Waals surface area (Å²) in [6.07, 6.45) is 9.48. The summed E-state index contributed by atoms with van der Waals surface area (Å²) in [6, 6.07) is 13.0. The SMILES string of the molecule is CCCN(Cc1ncc(-c2cc(C)c3c(c2)OC(c2cnc(C4CCC4)s2)n2c-3cc3cc(C4CN=C([C@@H]5CCCN5C(=O)OC(C)(C)C)N4)ccc32)[nH]1)C(=O)C(NC)C(C)C.COC=O. The molecule has 15 nitrogen and oxygen atoms in total. The third kappa shape index (κ3) is 9.57. The van der Waals surface area contributed by atoms with E-state index in [2.05, 4.69) is 89.0 Å². The molecule has 4 aliphatic rings. The van der Waals surface area contributed by atoms with Crippen LogP contribution in [0.25, 0.3) is 33.4 Å². The molecule has 0 bridgehead atoms. The van der Waals surface area contributed by atoms with Crippen LogP contribution in [-0.4, -0.2) is 105 Å². The highest BCUT2D eigenvalue weighted by Gasteiger charge is 2.39. The summed E-state index contributed by atoms with van der Waals surface area (Å²) in [5, 5.41) is 9.22. The fourth-order valence-corrected chi connectivity index (χ4v) is 10.7. The number of nitrogens with zero attached hydrogens (tertiary/aromatic N) is 6. The number of methoxy groups -OCH3 is 1. The molecule has 3 aliphatic heterocycles. The van der Waals surface area contributed by atoms with Gasteiger partial charge in [-0.2, -0.15) is 0 Å². The zero-order valence-corrected chi connectivity index (χ0v) is 40.6. The van der Waals surface area contributed by atoms with Crippen LogP contribution in [0, 0.1) is 12.8 Å². The van der Waals surface area contributed by atoms with E-state index in [1.54, 1.807) is 11.3 Å². The number of benzene rings is 2. The van der Waals surface area contributed by atoms with Crippen LogP contribution in [0.15, 0.2) is 53.8 Å². The molecule has 2 amide bonds. The number of carbonyl (C=O) groups excluding carboxylic acids is 3. The molecule has 1 saturated heterocycles. The van der Waals surface area contributed by atoms with Crippen LogP contribution < -0.4 is 15.4 Å². The van der Waals surface area contributed by atoms with Gasteiger partial charge in [-0.1, -0.05) is 33.3 Å². The number of fused-ring (bicyclic) bond motifs is 5. The lowest BCUT2D eigenvalue weighted by molar-refractivity contribution is -0.135. The topological polar surface area (TPSA) is 168 Å². The average Bonchev–Trinajstić information content (AvgIpc) is 4.12. The molecule has 1 aliphatic carbocycles. The fourth-order valence-electron chi connectivity index (χ4n) is 9.55. The fraction of sp³-hybridized carbons (Fsp3) is 0.520. The predicted octanol–water partition coefficient (Wildman–Crippen LogP) is 8.88. The Balaban J connectivity index is 0.00000142. The number of aromatic amines is 1. The van der Waals surface area contributed by atoms with Gasteiger partial charge in [-0.15, -0.1) is 11.3 Å². The normalized spacial score (nSPS) is 19.5. The molecule has 3 N–H and O–H groups in total. The number of likely N-dealkylation sites (N-methyl/N-ethyl adjacent to an activating group) is 1. The first kappa shape index (κ1) is 46.8. The number of H-pyrrole nitrogens is 1. The first-order valence-corrected chi connectivity index (χ1v) is 24.2. The molecular weight excluding hydrogens is 855 g/mol. The van der Waals surface area contributed by atoms with Crippen molar-refractivity contribution in [1.82, 2.24) is 40.0 Å². The number of hydrogen-bond acceptors (Lipinski definition) is 12. The molecule has 3 aromatic heterocycles. The van der Waals surface area contributed by atoms with E-state index < -0.39 is 11.8 Å². The Labute approximate surface area is 391 Å². The Hall–Kier alpha value is -5.74. The molecular formula is C50H65N9O6S. The molecule has 3 unspecified atom stereocenters. The van der Waals surface area contributed by atoms with E-state index >= 15 is 0 Å². The third-order valence-corrected chi connectivity index (χ3v) is 14.1. The van der Waals surface area contributed by atoms with Crippen molar-refractivity contribution in [2.45, 2.75) is 129 Å². The van der Waals surface area contributed by atoms with Crippen LogP contribution in [0.3, 0.4) is 0 Å². The van der Waals surface area contributed by atoms with Crippen molar-refractivity contribution < 1.29 is 28.6 Å². The number of imidazole rings is 1. The van der Waals surface area contributed by atoms with Gasteiger partial charge in [-0.05, 0) is 114 Å². The van der Waals surface area contributed by atoms with E-state index in [0.717, 1.165) is 86.1 Å². The highest BCUT2D eigenvalue weighted by molar-refractivity contribution is 7.11. The lowest BCUT2D eigenvalue weighted by atomic mass is 9.86. The van der Waals surface area contributed by atoms with E-state index in [1.807, 2.05) is 50.0 Å². The van der Waals surface area contributed by atoms with Crippen LogP contribution in [0.5, 0.6) is 5.75 Å². The molecule has 5 aromatic rings. The number of likely N-dealkylation sites (tertiary alicyclic amines) is 1. The van der Waals surface area contributed by atoms with Crippen molar-refractivity contribution in [3.8, 4) is 28.3 Å². The van der Waals surface area contributed by atoms with Crippen molar-refractivity contribution in [3.05, 3.63) is 75.6 Å². The Morgan fingerprint density at radius 3 is 2.56 bits per heavy atom. The van der Waals surface area contributed by atoms with Gasteiger partial charge in [0.05, 0.1) is 71.3 Å². The van der Waals surface area contributed by atoms with Gasteiger partial charge in [0.2, 0.25) is 12.1 Å². The zero-order chi connectivity index (χ0) is 46.9. The van der Waals surface area contributed by atoms with E-state index in [0.29, 0.717) is 38.6 Å². The third-order valence-electron chi connectivity index (χ3n) is 12.9. The number of carbonyl (C=O) groups is 3. The van der Waals surface area contributed by atoms with Gasteiger partial charge in [0.25, 0.3) is 6.47 Å². The van der Waals surface area contributed by atoms with Crippen LogP contribution >= 0.6 is 11.3 Å². The number of thiazole rings is 1. The molecule has 2 fully saturated rings. The van der Waals surface area contributed by atoms with E-state index in [9.17, 15) is 9.59 Å². The summed E-state index contributed by atoms with van der Waals surface area (Å²) in [6.45, 7) is 16.8. The Morgan fingerprint density at radius 1 is 1.09 bits per heavy atom. The van der Waals surface area contributed by atoms with E-state index in [-0.39, 0.29) is 36.0 Å². The molecule has 66 heavy (non-hydrogen) atoms. The van der Waals surface area contributed by atoms with Crippen LogP contribution in [0.1, 0.15) is 125 Å². The number of ether oxygens (including phenoxy) is 3.